The van der Waals surface area contributed by atoms with E-state index in [9.17, 15) is 8.42 Å². The zero-order valence-corrected chi connectivity index (χ0v) is 14.1. The van der Waals surface area contributed by atoms with Crippen LogP contribution in [-0.2, 0) is 20.6 Å². The lowest BCUT2D eigenvalue weighted by Crippen LogP contribution is -2.35. The molecule has 1 aromatic rings. The van der Waals surface area contributed by atoms with Crippen LogP contribution in [0.5, 0.6) is 0 Å². The molecule has 0 aromatic heterocycles. The Balaban J connectivity index is 2.20. The van der Waals surface area contributed by atoms with Crippen molar-refractivity contribution in [3.63, 3.8) is 0 Å². The highest BCUT2D eigenvalue weighted by Crippen LogP contribution is 2.23. The third kappa shape index (κ3) is 3.97. The smallest absolute Gasteiger partial charge is 0.243 e. The number of halogens is 1. The molecule has 1 heterocycles. The first-order chi connectivity index (χ1) is 9.95. The molecular weight excluding hydrogens is 310 g/mol. The lowest BCUT2D eigenvalue weighted by Gasteiger charge is -2.27. The lowest BCUT2D eigenvalue weighted by molar-refractivity contribution is 0.0495. The first-order valence-electron chi connectivity index (χ1n) is 7.14. The van der Waals surface area contributed by atoms with Gasteiger partial charge < -0.3 is 4.74 Å². The molecule has 1 unspecified atom stereocenters. The van der Waals surface area contributed by atoms with E-state index in [1.165, 1.54) is 4.31 Å². The molecule has 0 radical (unpaired) electrons. The fourth-order valence-corrected chi connectivity index (χ4v) is 4.27. The Morgan fingerprint density at radius 1 is 1.43 bits per heavy atom. The summed E-state index contributed by atoms with van der Waals surface area (Å²) in [4.78, 5) is 0.347. The number of alkyl halides is 1. The van der Waals surface area contributed by atoms with E-state index >= 15 is 0 Å². The van der Waals surface area contributed by atoms with Crippen molar-refractivity contribution in [3.8, 4) is 0 Å². The van der Waals surface area contributed by atoms with Gasteiger partial charge in [0.05, 0.1) is 11.5 Å². The van der Waals surface area contributed by atoms with Crippen molar-refractivity contribution in [3.05, 3.63) is 29.3 Å². The quantitative estimate of drug-likeness (QED) is 0.779. The van der Waals surface area contributed by atoms with Gasteiger partial charge in [-0.1, -0.05) is 12.1 Å². The summed E-state index contributed by atoms with van der Waals surface area (Å²) in [5, 5.41) is 0. The summed E-state index contributed by atoms with van der Waals surface area (Å²) in [7, 11) is -1.85. The van der Waals surface area contributed by atoms with Crippen LogP contribution < -0.4 is 0 Å². The molecule has 21 heavy (non-hydrogen) atoms. The standard InChI is InChI=1S/C15H22ClNO3S/c1-12-5-6-13(9-16)8-15(12)21(18,19)17(2)10-14-4-3-7-20-11-14/h5-6,8,14H,3-4,7,9-11H2,1-2H3. The average Bonchev–Trinajstić information content (AvgIpc) is 2.48. The molecule has 6 heteroatoms. The van der Waals surface area contributed by atoms with Crippen molar-refractivity contribution in [2.75, 3.05) is 26.8 Å². The molecule has 1 aliphatic heterocycles. The molecule has 0 bridgehead atoms. The third-order valence-corrected chi connectivity index (χ3v) is 6.14. The van der Waals surface area contributed by atoms with E-state index in [0.29, 0.717) is 23.9 Å². The number of ether oxygens (including phenoxy) is 1. The second-order valence-electron chi connectivity index (χ2n) is 5.60. The highest BCUT2D eigenvalue weighted by Gasteiger charge is 2.26. The molecular formula is C15H22ClNO3S. The summed E-state index contributed by atoms with van der Waals surface area (Å²) in [5.74, 6) is 0.582. The van der Waals surface area contributed by atoms with Gasteiger partial charge in [0.2, 0.25) is 10.0 Å². The monoisotopic (exact) mass is 331 g/mol. The van der Waals surface area contributed by atoms with E-state index < -0.39 is 10.0 Å². The van der Waals surface area contributed by atoms with Gasteiger partial charge in [0.25, 0.3) is 0 Å². The minimum atomic E-state index is -3.48. The van der Waals surface area contributed by atoms with E-state index in [1.807, 2.05) is 19.1 Å². The Labute approximate surface area is 132 Å². The molecule has 0 spiro atoms. The fraction of sp³-hybridized carbons (Fsp3) is 0.600. The van der Waals surface area contributed by atoms with Crippen LogP contribution in [0.1, 0.15) is 24.0 Å². The van der Waals surface area contributed by atoms with E-state index in [-0.39, 0.29) is 5.92 Å². The highest BCUT2D eigenvalue weighted by molar-refractivity contribution is 7.89. The molecule has 1 atom stereocenters. The normalized spacial score (nSPS) is 19.9. The van der Waals surface area contributed by atoms with Gasteiger partial charge in [-0.25, -0.2) is 12.7 Å². The molecule has 2 rings (SSSR count). The van der Waals surface area contributed by atoms with Crippen molar-refractivity contribution >= 4 is 21.6 Å². The fourth-order valence-electron chi connectivity index (χ4n) is 2.59. The minimum absolute atomic E-state index is 0.273. The van der Waals surface area contributed by atoms with Crippen LogP contribution in [0.4, 0.5) is 0 Å². The topological polar surface area (TPSA) is 46.6 Å². The van der Waals surface area contributed by atoms with Gasteiger partial charge in [0.15, 0.2) is 0 Å². The van der Waals surface area contributed by atoms with Gasteiger partial charge in [-0.15, -0.1) is 11.6 Å². The third-order valence-electron chi connectivity index (χ3n) is 3.86. The second kappa shape index (κ2) is 7.09. The van der Waals surface area contributed by atoms with Crippen molar-refractivity contribution in [2.24, 2.45) is 5.92 Å². The summed E-state index contributed by atoms with van der Waals surface area (Å²) >= 11 is 5.81. The predicted octanol–water partition coefficient (Wildman–Crippen LogP) is 2.78. The zero-order valence-electron chi connectivity index (χ0n) is 12.5. The van der Waals surface area contributed by atoms with Crippen molar-refractivity contribution in [1.82, 2.24) is 4.31 Å². The number of hydrogen-bond acceptors (Lipinski definition) is 3. The summed E-state index contributed by atoms with van der Waals surface area (Å²) in [6.45, 7) is 3.72. The lowest BCUT2D eigenvalue weighted by atomic mass is 10.0. The molecule has 1 aromatic carbocycles. The van der Waals surface area contributed by atoms with E-state index in [4.69, 9.17) is 16.3 Å². The summed E-state index contributed by atoms with van der Waals surface area (Å²) < 4.78 is 32.3. The van der Waals surface area contributed by atoms with E-state index in [1.54, 1.807) is 13.1 Å². The van der Waals surface area contributed by atoms with Gasteiger partial charge in [-0.05, 0) is 42.9 Å². The first-order valence-corrected chi connectivity index (χ1v) is 9.12. The van der Waals surface area contributed by atoms with Crippen LogP contribution in [0.15, 0.2) is 23.1 Å². The number of rotatable bonds is 5. The Morgan fingerprint density at radius 3 is 2.81 bits per heavy atom. The maximum Gasteiger partial charge on any atom is 0.243 e. The molecule has 0 saturated carbocycles. The molecule has 4 nitrogen and oxygen atoms in total. The number of aryl methyl sites for hydroxylation is 1. The van der Waals surface area contributed by atoms with Crippen LogP contribution >= 0.6 is 11.6 Å². The molecule has 0 N–H and O–H groups in total. The van der Waals surface area contributed by atoms with Gasteiger partial charge in [-0.3, -0.25) is 0 Å². The number of nitrogens with zero attached hydrogens (tertiary/aromatic N) is 1. The Kier molecular flexibility index (Phi) is 5.66. The van der Waals surface area contributed by atoms with E-state index in [2.05, 4.69) is 0 Å². The van der Waals surface area contributed by atoms with Crippen LogP contribution in [0.25, 0.3) is 0 Å². The Hall–Kier alpha value is -0.620. The predicted molar refractivity (Wildman–Crippen MR) is 84.1 cm³/mol. The molecule has 1 saturated heterocycles. The van der Waals surface area contributed by atoms with Gasteiger partial charge in [0, 0.05) is 26.1 Å². The average molecular weight is 332 g/mol. The zero-order chi connectivity index (χ0) is 15.5. The van der Waals surface area contributed by atoms with Crippen LogP contribution in [0.2, 0.25) is 0 Å². The Bertz CT molecular complexity index is 583. The molecule has 0 aliphatic carbocycles. The first kappa shape index (κ1) is 16.7. The highest BCUT2D eigenvalue weighted by atomic mass is 35.5. The number of hydrogen-bond donors (Lipinski definition) is 0. The largest absolute Gasteiger partial charge is 0.381 e. The Morgan fingerprint density at radius 2 is 2.19 bits per heavy atom. The summed E-state index contributed by atoms with van der Waals surface area (Å²) in [6, 6.07) is 5.34. The molecule has 1 fully saturated rings. The van der Waals surface area contributed by atoms with Crippen LogP contribution in [-0.4, -0.2) is 39.5 Å². The molecule has 1 aliphatic rings. The minimum Gasteiger partial charge on any atom is -0.381 e. The molecule has 118 valence electrons. The SMILES string of the molecule is Cc1ccc(CCl)cc1S(=O)(=O)N(C)CC1CCCOC1. The molecule has 0 amide bonds. The van der Waals surface area contributed by atoms with Gasteiger partial charge in [0.1, 0.15) is 0 Å². The number of sulfonamides is 1. The van der Waals surface area contributed by atoms with Crippen LogP contribution in [0.3, 0.4) is 0 Å². The summed E-state index contributed by atoms with van der Waals surface area (Å²) in [6.07, 6.45) is 2.01. The second-order valence-corrected chi connectivity index (χ2v) is 7.88. The van der Waals surface area contributed by atoms with Gasteiger partial charge in [-0.2, -0.15) is 0 Å². The van der Waals surface area contributed by atoms with E-state index in [0.717, 1.165) is 30.6 Å². The number of benzene rings is 1. The van der Waals surface area contributed by atoms with Gasteiger partial charge >= 0.3 is 0 Å². The van der Waals surface area contributed by atoms with Crippen molar-refractivity contribution < 1.29 is 13.2 Å². The maximum absolute atomic E-state index is 12.7. The van der Waals surface area contributed by atoms with Crippen molar-refractivity contribution in [2.45, 2.75) is 30.5 Å². The summed E-state index contributed by atoms with van der Waals surface area (Å²) in [5.41, 5.74) is 1.56. The van der Waals surface area contributed by atoms with Crippen molar-refractivity contribution in [1.29, 1.82) is 0 Å². The maximum atomic E-state index is 12.7. The van der Waals surface area contributed by atoms with Crippen LogP contribution in [0, 0.1) is 12.8 Å².